The van der Waals surface area contributed by atoms with E-state index in [0.717, 1.165) is 37.8 Å². The predicted octanol–water partition coefficient (Wildman–Crippen LogP) is 0.992. The summed E-state index contributed by atoms with van der Waals surface area (Å²) in [5.74, 6) is -0.0516. The highest BCUT2D eigenvalue weighted by atomic mass is 32.2. The molecule has 2 heterocycles. The molecular weight excluding hydrogens is 316 g/mol. The number of carbonyl (C=O) groups is 1. The number of piperidine rings is 1. The average molecular weight is 340 g/mol. The molecule has 1 amide bonds. The zero-order valence-electron chi connectivity index (χ0n) is 13.4. The van der Waals surface area contributed by atoms with Crippen molar-refractivity contribution in [3.63, 3.8) is 0 Å². The lowest BCUT2D eigenvalue weighted by Gasteiger charge is -2.34. The zero-order valence-corrected chi connectivity index (χ0v) is 14.2. The number of amides is 1. The Hall–Kier alpha value is -1.41. The molecule has 128 valence electrons. The highest BCUT2D eigenvalue weighted by Crippen LogP contribution is 2.27. The quantitative estimate of drug-likeness (QED) is 0.855. The SMILES string of the molecule is Cn1nccc1[C@@H]1NC(=O)CC[C@H]1NS(=O)(=O)C1CCCCC1. The lowest BCUT2D eigenvalue weighted by molar-refractivity contribution is -0.123. The van der Waals surface area contributed by atoms with Gasteiger partial charge >= 0.3 is 0 Å². The zero-order chi connectivity index (χ0) is 16.4. The van der Waals surface area contributed by atoms with E-state index < -0.39 is 10.0 Å². The fourth-order valence-corrected chi connectivity index (χ4v) is 5.40. The Morgan fingerprint density at radius 3 is 2.65 bits per heavy atom. The summed E-state index contributed by atoms with van der Waals surface area (Å²) in [7, 11) is -1.57. The Labute approximate surface area is 136 Å². The summed E-state index contributed by atoms with van der Waals surface area (Å²) in [6, 6.07) is 1.12. The molecule has 2 aliphatic rings. The summed E-state index contributed by atoms with van der Waals surface area (Å²) in [5, 5.41) is 6.73. The molecule has 1 aromatic heterocycles. The minimum absolute atomic E-state index is 0.0516. The number of hydrogen-bond donors (Lipinski definition) is 2. The first-order valence-electron chi connectivity index (χ1n) is 8.26. The Morgan fingerprint density at radius 1 is 1.26 bits per heavy atom. The number of hydrogen-bond acceptors (Lipinski definition) is 4. The van der Waals surface area contributed by atoms with Crippen molar-refractivity contribution in [2.24, 2.45) is 7.05 Å². The molecule has 1 saturated heterocycles. The maximum atomic E-state index is 12.7. The number of rotatable bonds is 4. The molecule has 0 radical (unpaired) electrons. The summed E-state index contributed by atoms with van der Waals surface area (Å²) in [5.41, 5.74) is 0.814. The summed E-state index contributed by atoms with van der Waals surface area (Å²) >= 11 is 0. The van der Waals surface area contributed by atoms with Crippen LogP contribution in [-0.4, -0.2) is 35.4 Å². The molecule has 8 heteroatoms. The first-order valence-corrected chi connectivity index (χ1v) is 9.80. The highest BCUT2D eigenvalue weighted by Gasteiger charge is 2.37. The fraction of sp³-hybridized carbons (Fsp3) is 0.733. The molecule has 1 saturated carbocycles. The maximum Gasteiger partial charge on any atom is 0.220 e. The van der Waals surface area contributed by atoms with Crippen LogP contribution in [0, 0.1) is 0 Å². The van der Waals surface area contributed by atoms with Gasteiger partial charge in [0.15, 0.2) is 0 Å². The third-order valence-corrected chi connectivity index (χ3v) is 6.87. The minimum Gasteiger partial charge on any atom is -0.346 e. The summed E-state index contributed by atoms with van der Waals surface area (Å²) in [4.78, 5) is 11.8. The third-order valence-electron chi connectivity index (χ3n) is 4.89. The summed E-state index contributed by atoms with van der Waals surface area (Å²) in [6.45, 7) is 0. The van der Waals surface area contributed by atoms with Gasteiger partial charge in [0, 0.05) is 25.7 Å². The van der Waals surface area contributed by atoms with Gasteiger partial charge in [-0.05, 0) is 25.3 Å². The molecular formula is C15H24N4O3S. The second kappa shape index (κ2) is 6.60. The molecule has 1 aromatic rings. The molecule has 2 fully saturated rings. The van der Waals surface area contributed by atoms with Gasteiger partial charge in [-0.2, -0.15) is 5.10 Å². The van der Waals surface area contributed by atoms with Crippen molar-refractivity contribution in [1.82, 2.24) is 19.8 Å². The molecule has 23 heavy (non-hydrogen) atoms. The Balaban J connectivity index is 1.79. The number of sulfonamides is 1. The molecule has 0 unspecified atom stereocenters. The van der Waals surface area contributed by atoms with E-state index in [2.05, 4.69) is 15.1 Å². The molecule has 0 spiro atoms. The van der Waals surface area contributed by atoms with Crippen molar-refractivity contribution in [3.05, 3.63) is 18.0 Å². The van der Waals surface area contributed by atoms with Crippen LogP contribution in [0.5, 0.6) is 0 Å². The van der Waals surface area contributed by atoms with Gasteiger partial charge in [-0.1, -0.05) is 19.3 Å². The molecule has 0 aromatic carbocycles. The normalized spacial score (nSPS) is 26.9. The largest absolute Gasteiger partial charge is 0.346 e. The summed E-state index contributed by atoms with van der Waals surface area (Å²) in [6.07, 6.45) is 7.01. The monoisotopic (exact) mass is 340 g/mol. The second-order valence-corrected chi connectivity index (χ2v) is 8.49. The lowest BCUT2D eigenvalue weighted by atomic mass is 9.96. The van der Waals surface area contributed by atoms with Crippen molar-refractivity contribution < 1.29 is 13.2 Å². The Kier molecular flexibility index (Phi) is 4.72. The number of carbonyl (C=O) groups excluding carboxylic acids is 1. The topological polar surface area (TPSA) is 93.1 Å². The van der Waals surface area contributed by atoms with Gasteiger partial charge in [0.2, 0.25) is 15.9 Å². The molecule has 7 nitrogen and oxygen atoms in total. The maximum absolute atomic E-state index is 12.7. The van der Waals surface area contributed by atoms with Crippen molar-refractivity contribution in [2.75, 3.05) is 0 Å². The van der Waals surface area contributed by atoms with Crippen LogP contribution >= 0.6 is 0 Å². The average Bonchev–Trinajstić information content (AvgIpc) is 2.96. The van der Waals surface area contributed by atoms with Gasteiger partial charge in [-0.15, -0.1) is 0 Å². The number of nitrogens with zero attached hydrogens (tertiary/aromatic N) is 2. The van der Waals surface area contributed by atoms with Gasteiger partial charge in [-0.25, -0.2) is 13.1 Å². The van der Waals surface area contributed by atoms with E-state index in [0.29, 0.717) is 12.8 Å². The van der Waals surface area contributed by atoms with Crippen LogP contribution < -0.4 is 10.0 Å². The van der Waals surface area contributed by atoms with Crippen molar-refractivity contribution in [1.29, 1.82) is 0 Å². The molecule has 2 atom stereocenters. The Bertz CT molecular complexity index is 664. The molecule has 1 aliphatic carbocycles. The van der Waals surface area contributed by atoms with Crippen LogP contribution in [0.15, 0.2) is 12.3 Å². The lowest BCUT2D eigenvalue weighted by Crippen LogP contribution is -2.52. The molecule has 3 rings (SSSR count). The molecule has 0 bridgehead atoms. The second-order valence-electron chi connectivity index (χ2n) is 6.49. The van der Waals surface area contributed by atoms with Gasteiger partial charge in [-0.3, -0.25) is 9.48 Å². The number of aryl methyl sites for hydroxylation is 1. The number of aromatic nitrogens is 2. The fourth-order valence-electron chi connectivity index (χ4n) is 3.58. The van der Waals surface area contributed by atoms with Crippen molar-refractivity contribution in [3.8, 4) is 0 Å². The van der Waals surface area contributed by atoms with Crippen LogP contribution in [0.4, 0.5) is 0 Å². The van der Waals surface area contributed by atoms with Crippen LogP contribution in [0.2, 0.25) is 0 Å². The molecule has 2 N–H and O–H groups in total. The van der Waals surface area contributed by atoms with Gasteiger partial charge < -0.3 is 5.32 Å². The van der Waals surface area contributed by atoms with Crippen LogP contribution in [0.25, 0.3) is 0 Å². The van der Waals surface area contributed by atoms with Crippen LogP contribution in [0.1, 0.15) is 56.7 Å². The Morgan fingerprint density at radius 2 is 2.00 bits per heavy atom. The minimum atomic E-state index is -3.37. The van der Waals surface area contributed by atoms with E-state index in [4.69, 9.17) is 0 Å². The van der Waals surface area contributed by atoms with Crippen molar-refractivity contribution >= 4 is 15.9 Å². The third kappa shape index (κ3) is 3.58. The van der Waals surface area contributed by atoms with E-state index in [1.54, 1.807) is 17.9 Å². The van der Waals surface area contributed by atoms with E-state index in [1.807, 2.05) is 6.07 Å². The van der Waals surface area contributed by atoms with Crippen molar-refractivity contribution in [2.45, 2.75) is 62.3 Å². The van der Waals surface area contributed by atoms with Gasteiger partial charge in [0.25, 0.3) is 0 Å². The summed E-state index contributed by atoms with van der Waals surface area (Å²) < 4.78 is 29.9. The van der Waals surface area contributed by atoms with Crippen LogP contribution in [-0.2, 0) is 21.9 Å². The van der Waals surface area contributed by atoms with Gasteiger partial charge in [0.05, 0.1) is 17.0 Å². The van der Waals surface area contributed by atoms with E-state index in [1.165, 1.54) is 0 Å². The van der Waals surface area contributed by atoms with E-state index in [9.17, 15) is 13.2 Å². The van der Waals surface area contributed by atoms with Crippen LogP contribution in [0.3, 0.4) is 0 Å². The predicted molar refractivity (Wildman–Crippen MR) is 86.0 cm³/mol. The number of nitrogens with one attached hydrogen (secondary N) is 2. The standard InChI is InChI=1S/C15H24N4O3S/c1-19-13(9-10-16-19)15-12(7-8-14(20)17-15)18-23(21,22)11-5-3-2-4-6-11/h9-12,15,18H,2-8H2,1H3,(H,17,20)/t12-,15-/m1/s1. The van der Waals surface area contributed by atoms with Gasteiger partial charge in [0.1, 0.15) is 0 Å². The molecule has 1 aliphatic heterocycles. The van der Waals surface area contributed by atoms with E-state index in [-0.39, 0.29) is 23.2 Å². The highest BCUT2D eigenvalue weighted by molar-refractivity contribution is 7.90. The van der Waals surface area contributed by atoms with E-state index >= 15 is 0 Å². The first-order chi connectivity index (χ1) is 11.0. The smallest absolute Gasteiger partial charge is 0.220 e. The first kappa shape index (κ1) is 16.4.